The predicted molar refractivity (Wildman–Crippen MR) is 302 cm³/mol. The molecule has 350 valence electrons. The van der Waals surface area contributed by atoms with Gasteiger partial charge in [0.1, 0.15) is 0 Å². The van der Waals surface area contributed by atoms with Gasteiger partial charge in [-0.2, -0.15) is 0 Å². The molecule has 2 heterocycles. The van der Waals surface area contributed by atoms with Crippen LogP contribution in [0.1, 0.15) is 110 Å². The Hall–Kier alpha value is -6.78. The Morgan fingerprint density at radius 3 is 1.66 bits per heavy atom. The van der Waals surface area contributed by atoms with E-state index in [1.165, 1.54) is 89.3 Å². The summed E-state index contributed by atoms with van der Waals surface area (Å²) < 4.78 is 0. The first-order valence-electron chi connectivity index (χ1n) is 25.6. The average Bonchev–Trinajstić information content (AvgIpc) is 3.64. The minimum absolute atomic E-state index is 0.0000998. The minimum atomic E-state index is -0.0503. The van der Waals surface area contributed by atoms with Crippen LogP contribution in [-0.2, 0) is 35.6 Å². The highest BCUT2D eigenvalue weighted by Gasteiger charge is 2.45. The van der Waals surface area contributed by atoms with Gasteiger partial charge in [0.05, 0.1) is 5.69 Å². The smallest absolute Gasteiger partial charge is 0.252 e. The molecular weight excluding hydrogens is 846 g/mol. The van der Waals surface area contributed by atoms with Crippen LogP contribution >= 0.6 is 0 Å². The van der Waals surface area contributed by atoms with E-state index in [-0.39, 0.29) is 28.4 Å². The summed E-state index contributed by atoms with van der Waals surface area (Å²) in [4.78, 5) is 7.80. The van der Waals surface area contributed by atoms with Gasteiger partial charge in [-0.05, 0) is 156 Å². The Morgan fingerprint density at radius 1 is 0.471 bits per heavy atom. The van der Waals surface area contributed by atoms with Crippen LogP contribution in [-0.4, -0.2) is 6.71 Å². The van der Waals surface area contributed by atoms with Gasteiger partial charge in [-0.3, -0.25) is 0 Å². The number of anilines is 8. The van der Waals surface area contributed by atoms with Crippen molar-refractivity contribution < 1.29 is 0 Å². The predicted octanol–water partition coefficient (Wildman–Crippen LogP) is 15.8. The van der Waals surface area contributed by atoms with Crippen molar-refractivity contribution in [2.75, 3.05) is 14.7 Å². The van der Waals surface area contributed by atoms with Crippen LogP contribution in [0.25, 0.3) is 11.1 Å². The number of rotatable bonds is 7. The number of hydrogen-bond acceptors (Lipinski definition) is 3. The van der Waals surface area contributed by atoms with Crippen LogP contribution in [0.2, 0.25) is 0 Å². The zero-order valence-electron chi connectivity index (χ0n) is 43.3. The van der Waals surface area contributed by atoms with Crippen molar-refractivity contribution in [3.63, 3.8) is 0 Å². The second kappa shape index (κ2) is 16.7. The summed E-state index contributed by atoms with van der Waals surface area (Å²) in [6.07, 6.45) is 2.15. The Balaban J connectivity index is 1.26. The highest BCUT2D eigenvalue weighted by molar-refractivity contribution is 7.00. The van der Waals surface area contributed by atoms with Crippen molar-refractivity contribution >= 4 is 68.6 Å². The number of hydrogen-bond donors (Lipinski definition) is 0. The topological polar surface area (TPSA) is 9.72 Å². The van der Waals surface area contributed by atoms with Crippen LogP contribution in [0, 0.1) is 5.41 Å². The molecule has 70 heavy (non-hydrogen) atoms. The van der Waals surface area contributed by atoms with Gasteiger partial charge in [-0.25, -0.2) is 0 Å². The van der Waals surface area contributed by atoms with Gasteiger partial charge in [0.25, 0.3) is 6.71 Å². The molecule has 0 saturated heterocycles. The molecular formula is C66H68BN3. The Kier molecular flexibility index (Phi) is 10.9. The van der Waals surface area contributed by atoms with E-state index in [0.29, 0.717) is 6.54 Å². The summed E-state index contributed by atoms with van der Waals surface area (Å²) in [6, 6.07) is 67.3. The van der Waals surface area contributed by atoms with Crippen molar-refractivity contribution in [2.45, 2.75) is 112 Å². The first kappa shape index (κ1) is 45.7. The van der Waals surface area contributed by atoms with Crippen molar-refractivity contribution in [1.82, 2.24) is 0 Å². The molecule has 0 atom stereocenters. The van der Waals surface area contributed by atoms with Crippen LogP contribution in [0.4, 0.5) is 45.5 Å². The van der Waals surface area contributed by atoms with Gasteiger partial charge in [-0.1, -0.05) is 191 Å². The fourth-order valence-corrected chi connectivity index (χ4v) is 11.6. The van der Waals surface area contributed by atoms with Crippen molar-refractivity contribution in [3.05, 3.63) is 209 Å². The molecule has 0 aromatic heterocycles. The third-order valence-corrected chi connectivity index (χ3v) is 15.3. The molecule has 0 N–H and O–H groups in total. The first-order valence-corrected chi connectivity index (χ1v) is 25.6. The summed E-state index contributed by atoms with van der Waals surface area (Å²) in [7, 11) is 0. The molecule has 0 bridgehead atoms. The molecule has 4 heteroatoms. The molecule has 0 unspecified atom stereocenters. The fourth-order valence-electron chi connectivity index (χ4n) is 11.6. The highest BCUT2D eigenvalue weighted by atomic mass is 15.2. The summed E-state index contributed by atoms with van der Waals surface area (Å²) in [5.41, 5.74) is 24.7. The second-order valence-corrected chi connectivity index (χ2v) is 24.3. The molecule has 0 fully saturated rings. The molecule has 1 aliphatic carbocycles. The molecule has 2 aliphatic heterocycles. The fraction of sp³-hybridized carbons (Fsp3) is 0.273. The van der Waals surface area contributed by atoms with E-state index in [1.54, 1.807) is 0 Å². The van der Waals surface area contributed by atoms with Crippen molar-refractivity contribution in [2.24, 2.45) is 5.41 Å². The largest absolute Gasteiger partial charge is 0.338 e. The molecule has 0 spiro atoms. The number of benzene rings is 8. The van der Waals surface area contributed by atoms with Crippen molar-refractivity contribution in [3.8, 4) is 11.1 Å². The molecule has 8 aromatic carbocycles. The van der Waals surface area contributed by atoms with Crippen LogP contribution in [0.3, 0.4) is 0 Å². The van der Waals surface area contributed by atoms with Gasteiger partial charge in [-0.15, -0.1) is 0 Å². The minimum Gasteiger partial charge on any atom is -0.338 e. The van der Waals surface area contributed by atoms with Crippen LogP contribution < -0.4 is 31.1 Å². The van der Waals surface area contributed by atoms with Gasteiger partial charge in [0.2, 0.25) is 0 Å². The Bertz CT molecular complexity index is 3240. The van der Waals surface area contributed by atoms with E-state index >= 15 is 0 Å². The number of fused-ring (bicyclic) bond motifs is 5. The molecule has 0 radical (unpaired) electrons. The molecule has 0 amide bonds. The lowest BCUT2D eigenvalue weighted by Gasteiger charge is -2.46. The van der Waals surface area contributed by atoms with E-state index in [2.05, 4.69) is 267 Å². The first-order chi connectivity index (χ1) is 33.3. The zero-order chi connectivity index (χ0) is 48.9. The lowest BCUT2D eigenvalue weighted by Crippen LogP contribution is -2.62. The van der Waals surface area contributed by atoms with Gasteiger partial charge in [0.15, 0.2) is 0 Å². The summed E-state index contributed by atoms with van der Waals surface area (Å²) in [5, 5.41) is 0. The van der Waals surface area contributed by atoms with Crippen molar-refractivity contribution in [1.29, 1.82) is 0 Å². The molecule has 11 rings (SSSR count). The second-order valence-electron chi connectivity index (χ2n) is 24.3. The van der Waals surface area contributed by atoms with E-state index < -0.39 is 0 Å². The Labute approximate surface area is 418 Å². The van der Waals surface area contributed by atoms with E-state index in [0.717, 1.165) is 29.9 Å². The summed E-state index contributed by atoms with van der Waals surface area (Å²) in [5.74, 6) is 0. The maximum atomic E-state index is 2.71. The molecule has 3 aliphatic rings. The van der Waals surface area contributed by atoms with Gasteiger partial charge < -0.3 is 14.7 Å². The maximum Gasteiger partial charge on any atom is 0.252 e. The highest BCUT2D eigenvalue weighted by Crippen LogP contribution is 2.49. The van der Waals surface area contributed by atoms with Gasteiger partial charge >= 0.3 is 0 Å². The summed E-state index contributed by atoms with van der Waals surface area (Å²) in [6.45, 7) is 26.6. The summed E-state index contributed by atoms with van der Waals surface area (Å²) >= 11 is 0. The zero-order valence-corrected chi connectivity index (χ0v) is 43.3. The molecule has 0 saturated carbocycles. The maximum absolute atomic E-state index is 2.71. The average molecular weight is 914 g/mol. The SMILES string of the molecule is CC1(C)Cc2cc3c(cc2C1)N(Cc1ccc(C(C)(C)C)cc1-c1ccccc1)c1cc(N(c2ccccc2)c2ccccc2)cc2c1B3c1ccc(C(C)(C)C)cc1N2c1cccc(C(C)(C)C)c1. The van der Waals surface area contributed by atoms with Crippen LogP contribution in [0.5, 0.6) is 0 Å². The van der Waals surface area contributed by atoms with Gasteiger partial charge in [0, 0.05) is 46.4 Å². The third-order valence-electron chi connectivity index (χ3n) is 15.3. The lowest BCUT2D eigenvalue weighted by atomic mass is 9.33. The lowest BCUT2D eigenvalue weighted by molar-refractivity contribution is 0.392. The Morgan fingerprint density at radius 2 is 1.03 bits per heavy atom. The number of para-hydroxylation sites is 2. The van der Waals surface area contributed by atoms with Crippen LogP contribution in [0.15, 0.2) is 176 Å². The monoisotopic (exact) mass is 914 g/mol. The standard InChI is InChI=1S/C66H68BN3/c1-63(2,3)48-24-21-29-53(36-48)70-59-38-50(65(7,8)9)32-33-56(59)67-57-34-46-41-66(10,11)42-47(46)35-58(57)68(43-45-30-31-49(64(4,5)6)37-55(45)44-22-15-12-16-23-44)60-39-54(40-61(70)62(60)67)69(51-25-17-13-18-26-51)52-27-19-14-20-28-52/h12-40H,41-43H2,1-11H3. The number of nitrogens with zero attached hydrogens (tertiary/aromatic N) is 3. The quantitative estimate of drug-likeness (QED) is 0.148. The molecule has 8 aromatic rings. The third kappa shape index (κ3) is 8.13. The van der Waals surface area contributed by atoms with E-state index in [4.69, 9.17) is 0 Å². The normalized spacial score (nSPS) is 14.8. The van der Waals surface area contributed by atoms with E-state index in [9.17, 15) is 0 Å². The molecule has 3 nitrogen and oxygen atoms in total. The van der Waals surface area contributed by atoms with E-state index in [1.807, 2.05) is 0 Å².